The van der Waals surface area contributed by atoms with Crippen molar-refractivity contribution in [2.24, 2.45) is 0 Å². The van der Waals surface area contributed by atoms with Crippen LogP contribution >= 0.6 is 0 Å². The average Bonchev–Trinajstić information content (AvgIpc) is 3.21. The number of carbonyl (C=O) groups excluding carboxylic acids is 1. The van der Waals surface area contributed by atoms with Gasteiger partial charge in [-0.3, -0.25) is 4.79 Å². The summed E-state index contributed by atoms with van der Waals surface area (Å²) < 4.78 is 20.0. The molecule has 1 amide bonds. The summed E-state index contributed by atoms with van der Waals surface area (Å²) in [6, 6.07) is 14.0. The maximum absolute atomic E-state index is 14.0. The van der Waals surface area contributed by atoms with Crippen molar-refractivity contribution in [2.75, 3.05) is 11.4 Å². The minimum Gasteiger partial charge on any atom is -0.479 e. The molecule has 6 heteroatoms. The van der Waals surface area contributed by atoms with Gasteiger partial charge >= 0.3 is 5.97 Å². The molecule has 0 bridgehead atoms. The predicted octanol–water partition coefficient (Wildman–Crippen LogP) is 6.56. The number of carboxylic acid groups (broad SMARTS) is 1. The van der Waals surface area contributed by atoms with Crippen molar-refractivity contribution >= 4 is 17.6 Å². The summed E-state index contributed by atoms with van der Waals surface area (Å²) in [5.74, 6) is -1.80. The Bertz CT molecular complexity index is 1340. The molecule has 3 aromatic rings. The van der Waals surface area contributed by atoms with Gasteiger partial charge in [0.15, 0.2) is 6.10 Å². The molecule has 0 fully saturated rings. The highest BCUT2D eigenvalue weighted by molar-refractivity contribution is 6.09. The molecule has 0 radical (unpaired) electrons. The monoisotopic (exact) mass is 489 g/mol. The highest BCUT2D eigenvalue weighted by atomic mass is 19.1. The lowest BCUT2D eigenvalue weighted by Crippen LogP contribution is -2.30. The van der Waals surface area contributed by atoms with Crippen LogP contribution in [0.3, 0.4) is 0 Å². The van der Waals surface area contributed by atoms with E-state index in [-0.39, 0.29) is 5.91 Å². The van der Waals surface area contributed by atoms with E-state index in [1.165, 1.54) is 12.1 Å². The van der Waals surface area contributed by atoms with Gasteiger partial charge in [-0.25, -0.2) is 9.18 Å². The van der Waals surface area contributed by atoms with Crippen LogP contribution in [0.15, 0.2) is 48.5 Å². The molecule has 1 atom stereocenters. The zero-order valence-electron chi connectivity index (χ0n) is 21.6. The van der Waals surface area contributed by atoms with Crippen molar-refractivity contribution in [3.8, 4) is 11.1 Å². The Morgan fingerprint density at radius 2 is 1.67 bits per heavy atom. The lowest BCUT2D eigenvalue weighted by atomic mass is 9.86. The number of carbonyl (C=O) groups is 2. The molecule has 36 heavy (non-hydrogen) atoms. The fraction of sp³-hybridized carbons (Fsp3) is 0.333. The summed E-state index contributed by atoms with van der Waals surface area (Å²) in [6.07, 6.45) is -0.629. The van der Waals surface area contributed by atoms with Gasteiger partial charge in [-0.1, -0.05) is 35.9 Å². The van der Waals surface area contributed by atoms with Gasteiger partial charge in [0.25, 0.3) is 5.91 Å². The van der Waals surface area contributed by atoms with Crippen molar-refractivity contribution in [1.82, 2.24) is 0 Å². The van der Waals surface area contributed by atoms with E-state index in [9.17, 15) is 19.1 Å². The largest absolute Gasteiger partial charge is 0.479 e. The third-order valence-corrected chi connectivity index (χ3v) is 6.51. The normalized spacial score (nSPS) is 14.0. The van der Waals surface area contributed by atoms with Crippen LogP contribution in [0.5, 0.6) is 0 Å². The molecule has 0 saturated heterocycles. The first kappa shape index (κ1) is 25.6. The van der Waals surface area contributed by atoms with Crippen molar-refractivity contribution in [3.05, 3.63) is 87.7 Å². The number of fused-ring (bicyclic) bond motifs is 1. The first-order chi connectivity index (χ1) is 16.9. The van der Waals surface area contributed by atoms with E-state index < -0.39 is 23.5 Å². The summed E-state index contributed by atoms with van der Waals surface area (Å²) in [5, 5.41) is 10.2. The molecule has 1 aliphatic rings. The first-order valence-electron chi connectivity index (χ1n) is 12.1. The molecular weight excluding hydrogens is 457 g/mol. The molecular formula is C30H32FNO4. The Kier molecular flexibility index (Phi) is 6.76. The SMILES string of the molecule is Cc1ccc(-c2c3c(cc(C)c2C(OC(C)(C)C)C(=O)O)N(C(=O)c2cc(F)ccc2C)CC3)cc1. The number of nitrogens with zero attached hydrogens (tertiary/aromatic N) is 1. The minimum absolute atomic E-state index is 0.270. The van der Waals surface area contributed by atoms with Crippen LogP contribution < -0.4 is 4.90 Å². The van der Waals surface area contributed by atoms with E-state index in [0.29, 0.717) is 29.7 Å². The van der Waals surface area contributed by atoms with Crippen LogP contribution in [0, 0.1) is 26.6 Å². The van der Waals surface area contributed by atoms with E-state index in [2.05, 4.69) is 0 Å². The number of amides is 1. The standard InChI is InChI=1S/C30H32FNO4/c1-17-7-10-20(11-8-17)26-22-13-14-32(28(33)23-16-21(31)12-9-18(23)2)24(22)15-19(3)25(26)27(29(34)35)36-30(4,5)6/h7-12,15-16,27H,13-14H2,1-6H3,(H,34,35). The van der Waals surface area contributed by atoms with Crippen molar-refractivity contribution in [3.63, 3.8) is 0 Å². The van der Waals surface area contributed by atoms with E-state index in [4.69, 9.17) is 4.74 Å². The van der Waals surface area contributed by atoms with Gasteiger partial charge in [-0.2, -0.15) is 0 Å². The lowest BCUT2D eigenvalue weighted by Gasteiger charge is -2.29. The third-order valence-electron chi connectivity index (χ3n) is 6.51. The van der Waals surface area contributed by atoms with Crippen LogP contribution in [-0.2, 0) is 16.0 Å². The molecule has 0 aliphatic carbocycles. The number of hydrogen-bond acceptors (Lipinski definition) is 3. The Labute approximate surface area is 211 Å². The van der Waals surface area contributed by atoms with Gasteiger partial charge < -0.3 is 14.7 Å². The van der Waals surface area contributed by atoms with Crippen LogP contribution in [0.25, 0.3) is 11.1 Å². The zero-order chi connectivity index (χ0) is 26.4. The molecule has 1 aliphatic heterocycles. The molecule has 3 aromatic carbocycles. The number of benzene rings is 3. The number of rotatable bonds is 5. The first-order valence-corrected chi connectivity index (χ1v) is 12.1. The Hall–Kier alpha value is -3.51. The number of anilines is 1. The molecule has 1 N–H and O–H groups in total. The molecule has 1 unspecified atom stereocenters. The summed E-state index contributed by atoms with van der Waals surface area (Å²) >= 11 is 0. The number of aliphatic carboxylic acids is 1. The second-order valence-corrected chi connectivity index (χ2v) is 10.5. The van der Waals surface area contributed by atoms with Gasteiger partial charge in [-0.15, -0.1) is 0 Å². The quantitative estimate of drug-likeness (QED) is 0.441. The molecule has 5 nitrogen and oxygen atoms in total. The second kappa shape index (κ2) is 9.51. The summed E-state index contributed by atoms with van der Waals surface area (Å²) in [7, 11) is 0. The zero-order valence-corrected chi connectivity index (χ0v) is 21.6. The Morgan fingerprint density at radius 3 is 2.28 bits per heavy atom. The number of ether oxygens (including phenoxy) is 1. The lowest BCUT2D eigenvalue weighted by molar-refractivity contribution is -0.160. The van der Waals surface area contributed by atoms with Crippen LogP contribution in [0.4, 0.5) is 10.1 Å². The maximum atomic E-state index is 14.0. The predicted molar refractivity (Wildman–Crippen MR) is 139 cm³/mol. The number of halogens is 1. The van der Waals surface area contributed by atoms with Crippen LogP contribution in [0.1, 0.15) is 65.1 Å². The molecule has 0 saturated carbocycles. The summed E-state index contributed by atoms with van der Waals surface area (Å²) in [6.45, 7) is 11.6. The van der Waals surface area contributed by atoms with Gasteiger partial charge in [0, 0.05) is 23.4 Å². The van der Waals surface area contributed by atoms with Gasteiger partial charge in [-0.05, 0) is 94.0 Å². The summed E-state index contributed by atoms with van der Waals surface area (Å²) in [4.78, 5) is 27.7. The Morgan fingerprint density at radius 1 is 1.00 bits per heavy atom. The molecule has 1 heterocycles. The van der Waals surface area contributed by atoms with Crippen molar-refractivity contribution in [2.45, 2.75) is 59.7 Å². The van der Waals surface area contributed by atoms with E-state index in [1.54, 1.807) is 17.9 Å². The smallest absolute Gasteiger partial charge is 0.337 e. The molecule has 0 aromatic heterocycles. The highest BCUT2D eigenvalue weighted by Gasteiger charge is 2.36. The van der Waals surface area contributed by atoms with Crippen LogP contribution in [0.2, 0.25) is 0 Å². The maximum Gasteiger partial charge on any atom is 0.337 e. The summed E-state index contributed by atoms with van der Waals surface area (Å²) in [5.41, 5.74) is 6.01. The van der Waals surface area contributed by atoms with Gasteiger partial charge in [0.1, 0.15) is 5.82 Å². The second-order valence-electron chi connectivity index (χ2n) is 10.5. The number of hydrogen-bond donors (Lipinski definition) is 1. The average molecular weight is 490 g/mol. The third kappa shape index (κ3) is 4.91. The topological polar surface area (TPSA) is 66.8 Å². The van der Waals surface area contributed by atoms with Crippen molar-refractivity contribution in [1.29, 1.82) is 0 Å². The van der Waals surface area contributed by atoms with Crippen molar-refractivity contribution < 1.29 is 23.8 Å². The van der Waals surface area contributed by atoms with Gasteiger partial charge in [0.05, 0.1) is 5.60 Å². The van der Waals surface area contributed by atoms with E-state index in [1.807, 2.05) is 65.0 Å². The fourth-order valence-electron chi connectivity index (χ4n) is 4.85. The molecule has 4 rings (SSSR count). The van der Waals surface area contributed by atoms with E-state index in [0.717, 1.165) is 33.5 Å². The molecule has 188 valence electrons. The van der Waals surface area contributed by atoms with Gasteiger partial charge in [0.2, 0.25) is 0 Å². The number of carboxylic acids is 1. The van der Waals surface area contributed by atoms with Crippen LogP contribution in [-0.4, -0.2) is 29.1 Å². The minimum atomic E-state index is -1.18. The number of aryl methyl sites for hydroxylation is 3. The van der Waals surface area contributed by atoms with E-state index >= 15 is 0 Å². The Balaban J connectivity index is 1.94. The fourth-order valence-corrected chi connectivity index (χ4v) is 4.85. The molecule has 0 spiro atoms. The highest BCUT2D eigenvalue weighted by Crippen LogP contribution is 2.45.